The summed E-state index contributed by atoms with van der Waals surface area (Å²) in [5.74, 6) is 0.294. The molecule has 0 atom stereocenters. The van der Waals surface area contributed by atoms with Crippen LogP contribution in [-0.4, -0.2) is 34.1 Å². The highest BCUT2D eigenvalue weighted by atomic mass is 16.4. The number of aromatic nitrogens is 2. The fourth-order valence-electron chi connectivity index (χ4n) is 3.16. The third-order valence-electron chi connectivity index (χ3n) is 4.44. The van der Waals surface area contributed by atoms with E-state index in [-0.39, 0.29) is 0 Å². The van der Waals surface area contributed by atoms with Crippen LogP contribution in [0.2, 0.25) is 0 Å². The first-order chi connectivity index (χ1) is 10.1. The molecule has 5 nitrogen and oxygen atoms in total. The summed E-state index contributed by atoms with van der Waals surface area (Å²) in [6, 6.07) is 2.04. The Morgan fingerprint density at radius 1 is 1.29 bits per heavy atom. The van der Waals surface area contributed by atoms with E-state index in [9.17, 15) is 9.90 Å². The molecule has 1 aromatic heterocycles. The molecule has 1 fully saturated rings. The first-order valence-corrected chi connectivity index (χ1v) is 7.90. The Labute approximate surface area is 126 Å². The van der Waals surface area contributed by atoms with Gasteiger partial charge in [0.25, 0.3) is 0 Å². The average Bonchev–Trinajstić information content (AvgIpc) is 2.49. The second kappa shape index (κ2) is 6.87. The van der Waals surface area contributed by atoms with Crippen molar-refractivity contribution in [3.05, 3.63) is 18.1 Å². The zero-order valence-corrected chi connectivity index (χ0v) is 13.0. The Morgan fingerprint density at radius 2 is 2.00 bits per heavy atom. The molecule has 1 saturated heterocycles. The summed E-state index contributed by atoms with van der Waals surface area (Å²) >= 11 is 0. The van der Waals surface area contributed by atoms with Crippen LogP contribution in [0.25, 0.3) is 0 Å². The third-order valence-corrected chi connectivity index (χ3v) is 4.44. The minimum Gasteiger partial charge on any atom is -0.481 e. The lowest BCUT2D eigenvalue weighted by Gasteiger charge is -2.39. The number of aryl methyl sites for hydroxylation is 1. The van der Waals surface area contributed by atoms with Crippen molar-refractivity contribution < 1.29 is 9.90 Å². The van der Waals surface area contributed by atoms with Crippen LogP contribution < -0.4 is 4.90 Å². The van der Waals surface area contributed by atoms with E-state index in [0.29, 0.717) is 12.8 Å². The third kappa shape index (κ3) is 3.52. The number of carboxylic acids is 1. The highest BCUT2D eigenvalue weighted by Crippen LogP contribution is 2.37. The lowest BCUT2D eigenvalue weighted by Crippen LogP contribution is -2.44. The fraction of sp³-hybridized carbons (Fsp3) is 0.688. The van der Waals surface area contributed by atoms with E-state index < -0.39 is 11.4 Å². The van der Waals surface area contributed by atoms with E-state index in [4.69, 9.17) is 0 Å². The Balaban J connectivity index is 2.06. The van der Waals surface area contributed by atoms with Gasteiger partial charge in [0.1, 0.15) is 12.1 Å². The summed E-state index contributed by atoms with van der Waals surface area (Å²) in [6.45, 7) is 5.71. The molecule has 0 amide bonds. The van der Waals surface area contributed by atoms with E-state index >= 15 is 0 Å². The molecule has 0 aromatic carbocycles. The van der Waals surface area contributed by atoms with Crippen LogP contribution in [0, 0.1) is 5.41 Å². The smallest absolute Gasteiger partial charge is 0.309 e. The van der Waals surface area contributed by atoms with Crippen molar-refractivity contribution in [2.45, 2.75) is 52.4 Å². The summed E-state index contributed by atoms with van der Waals surface area (Å²) in [6.07, 6.45) is 6.72. The van der Waals surface area contributed by atoms with Gasteiger partial charge >= 0.3 is 5.97 Å². The van der Waals surface area contributed by atoms with Crippen LogP contribution in [0.15, 0.2) is 12.4 Å². The average molecular weight is 291 g/mol. The Bertz CT molecular complexity index is 482. The van der Waals surface area contributed by atoms with Gasteiger partial charge in [-0.2, -0.15) is 0 Å². The first kappa shape index (κ1) is 15.7. The van der Waals surface area contributed by atoms with Gasteiger partial charge in [0.15, 0.2) is 0 Å². The number of rotatable bonds is 6. The van der Waals surface area contributed by atoms with Crippen LogP contribution in [0.5, 0.6) is 0 Å². The minimum absolute atomic E-state index is 0.537. The van der Waals surface area contributed by atoms with Gasteiger partial charge in [-0.15, -0.1) is 0 Å². The maximum atomic E-state index is 11.6. The van der Waals surface area contributed by atoms with Crippen molar-refractivity contribution in [3.63, 3.8) is 0 Å². The van der Waals surface area contributed by atoms with Crippen LogP contribution in [-0.2, 0) is 11.2 Å². The van der Waals surface area contributed by atoms with E-state index in [1.165, 1.54) is 0 Å². The van der Waals surface area contributed by atoms with Crippen LogP contribution >= 0.6 is 0 Å². The number of anilines is 1. The first-order valence-electron chi connectivity index (χ1n) is 7.90. The quantitative estimate of drug-likeness (QED) is 0.873. The van der Waals surface area contributed by atoms with Gasteiger partial charge in [-0.3, -0.25) is 4.79 Å². The van der Waals surface area contributed by atoms with E-state index in [1.54, 1.807) is 6.33 Å². The molecular formula is C16H25N3O2. The number of carbonyl (C=O) groups is 1. The molecule has 1 N–H and O–H groups in total. The second-order valence-corrected chi connectivity index (χ2v) is 5.94. The Kier molecular flexibility index (Phi) is 5.15. The highest BCUT2D eigenvalue weighted by Gasteiger charge is 2.40. The predicted octanol–water partition coefficient (Wildman–Crippen LogP) is 2.90. The number of piperidine rings is 1. The van der Waals surface area contributed by atoms with Gasteiger partial charge in [-0.25, -0.2) is 9.97 Å². The van der Waals surface area contributed by atoms with Gasteiger partial charge in [0.05, 0.1) is 5.41 Å². The predicted molar refractivity (Wildman–Crippen MR) is 82.5 cm³/mol. The largest absolute Gasteiger partial charge is 0.481 e. The maximum Gasteiger partial charge on any atom is 0.309 e. The van der Waals surface area contributed by atoms with Crippen molar-refractivity contribution in [1.29, 1.82) is 0 Å². The van der Waals surface area contributed by atoms with Gasteiger partial charge in [0, 0.05) is 24.8 Å². The zero-order chi connectivity index (χ0) is 15.3. The van der Waals surface area contributed by atoms with Crippen molar-refractivity contribution >= 4 is 11.8 Å². The number of hydrogen-bond acceptors (Lipinski definition) is 4. The van der Waals surface area contributed by atoms with Crippen molar-refractivity contribution in [2.24, 2.45) is 5.41 Å². The number of carboxylic acid groups (broad SMARTS) is 1. The van der Waals surface area contributed by atoms with Crippen molar-refractivity contribution in [2.75, 3.05) is 18.0 Å². The SMILES string of the molecule is CCCc1cc(N2CCC(CCC)(C(=O)O)CC2)ncn1. The minimum atomic E-state index is -0.640. The molecule has 0 radical (unpaired) electrons. The lowest BCUT2D eigenvalue weighted by molar-refractivity contribution is -0.150. The molecule has 0 spiro atoms. The normalized spacial score (nSPS) is 17.7. The lowest BCUT2D eigenvalue weighted by atomic mass is 9.75. The molecule has 1 aromatic rings. The summed E-state index contributed by atoms with van der Waals surface area (Å²) in [5, 5.41) is 9.55. The topological polar surface area (TPSA) is 66.3 Å². The molecule has 0 bridgehead atoms. The molecule has 21 heavy (non-hydrogen) atoms. The molecule has 1 aliphatic heterocycles. The number of aliphatic carboxylic acids is 1. The van der Waals surface area contributed by atoms with Crippen molar-refractivity contribution in [3.8, 4) is 0 Å². The second-order valence-electron chi connectivity index (χ2n) is 5.94. The molecule has 0 aliphatic carbocycles. The Hall–Kier alpha value is -1.65. The maximum absolute atomic E-state index is 11.6. The standard InChI is InChI=1S/C16H25N3O2/c1-3-5-13-11-14(18-12-17-13)19-9-7-16(6-4-2,8-10-19)15(20)21/h11-12H,3-10H2,1-2H3,(H,20,21). The Morgan fingerprint density at radius 3 is 2.57 bits per heavy atom. The van der Waals surface area contributed by atoms with E-state index in [0.717, 1.165) is 50.3 Å². The summed E-state index contributed by atoms with van der Waals surface area (Å²) in [7, 11) is 0. The molecule has 0 saturated carbocycles. The van der Waals surface area contributed by atoms with Crippen LogP contribution in [0.3, 0.4) is 0 Å². The van der Waals surface area contributed by atoms with Gasteiger partial charge in [-0.1, -0.05) is 26.7 Å². The van der Waals surface area contributed by atoms with E-state index in [1.807, 2.05) is 6.07 Å². The molecule has 5 heteroatoms. The fourth-order valence-corrected chi connectivity index (χ4v) is 3.16. The number of nitrogens with zero attached hydrogens (tertiary/aromatic N) is 3. The van der Waals surface area contributed by atoms with E-state index in [2.05, 4.69) is 28.7 Å². The molecule has 2 heterocycles. The number of hydrogen-bond donors (Lipinski definition) is 1. The summed E-state index contributed by atoms with van der Waals surface area (Å²) in [5.41, 5.74) is 0.524. The molecular weight excluding hydrogens is 266 g/mol. The van der Waals surface area contributed by atoms with Gasteiger partial charge < -0.3 is 10.0 Å². The highest BCUT2D eigenvalue weighted by molar-refractivity contribution is 5.75. The van der Waals surface area contributed by atoms with Gasteiger partial charge in [0.2, 0.25) is 0 Å². The summed E-state index contributed by atoms with van der Waals surface area (Å²) < 4.78 is 0. The van der Waals surface area contributed by atoms with Crippen molar-refractivity contribution in [1.82, 2.24) is 9.97 Å². The molecule has 1 aliphatic rings. The van der Waals surface area contributed by atoms with Crippen LogP contribution in [0.4, 0.5) is 5.82 Å². The molecule has 0 unspecified atom stereocenters. The molecule has 2 rings (SSSR count). The van der Waals surface area contributed by atoms with Gasteiger partial charge in [-0.05, 0) is 25.7 Å². The summed E-state index contributed by atoms with van der Waals surface area (Å²) in [4.78, 5) is 22.4. The molecule has 116 valence electrons. The van der Waals surface area contributed by atoms with Crippen LogP contribution in [0.1, 0.15) is 51.6 Å². The monoisotopic (exact) mass is 291 g/mol. The zero-order valence-electron chi connectivity index (χ0n) is 13.0.